The van der Waals surface area contributed by atoms with Crippen LogP contribution in [0.4, 0.5) is 0 Å². The summed E-state index contributed by atoms with van der Waals surface area (Å²) in [7, 11) is 5.27. The summed E-state index contributed by atoms with van der Waals surface area (Å²) in [6.45, 7) is 0.523. The third-order valence-corrected chi connectivity index (χ3v) is 7.21. The Balaban J connectivity index is 1.63. The number of hydrogen-bond donors (Lipinski definition) is 1. The minimum atomic E-state index is -0.409. The number of pyridine rings is 1. The first-order chi connectivity index (χ1) is 17.6. The van der Waals surface area contributed by atoms with E-state index in [1.165, 1.54) is 19.3 Å². The molecule has 1 unspecified atom stereocenters. The molecule has 4 aromatic rings. The Hall–Kier alpha value is -3.72. The van der Waals surface area contributed by atoms with E-state index in [0.29, 0.717) is 41.0 Å². The SMILES string of the molecule is COc1cc2cc(C(c3nnnn3Cc3ccccc3)N(C)C3CCCCC3)c(=O)[nH]c2cc1OC. The van der Waals surface area contributed by atoms with Crippen molar-refractivity contribution in [3.63, 3.8) is 0 Å². The molecule has 2 heterocycles. The van der Waals surface area contributed by atoms with Crippen molar-refractivity contribution >= 4 is 10.9 Å². The van der Waals surface area contributed by atoms with E-state index in [2.05, 4.69) is 32.5 Å². The van der Waals surface area contributed by atoms with E-state index < -0.39 is 6.04 Å². The molecule has 0 spiro atoms. The van der Waals surface area contributed by atoms with Crippen molar-refractivity contribution in [2.75, 3.05) is 21.3 Å². The maximum absolute atomic E-state index is 13.5. The van der Waals surface area contributed by atoms with Gasteiger partial charge >= 0.3 is 0 Å². The van der Waals surface area contributed by atoms with Gasteiger partial charge in [0.1, 0.15) is 6.04 Å². The molecule has 1 aliphatic rings. The van der Waals surface area contributed by atoms with Crippen molar-refractivity contribution in [1.82, 2.24) is 30.1 Å². The Morgan fingerprint density at radius 3 is 2.50 bits per heavy atom. The van der Waals surface area contributed by atoms with Crippen molar-refractivity contribution in [3.8, 4) is 11.5 Å². The van der Waals surface area contributed by atoms with Gasteiger partial charge in [-0.05, 0) is 48.0 Å². The first kappa shape index (κ1) is 24.0. The summed E-state index contributed by atoms with van der Waals surface area (Å²) in [5.41, 5.74) is 2.21. The lowest BCUT2D eigenvalue weighted by Gasteiger charge is -2.36. The van der Waals surface area contributed by atoms with Crippen molar-refractivity contribution in [1.29, 1.82) is 0 Å². The number of benzene rings is 2. The van der Waals surface area contributed by atoms with Crippen LogP contribution in [0.25, 0.3) is 10.9 Å². The molecule has 2 aromatic carbocycles. The number of tetrazole rings is 1. The summed E-state index contributed by atoms with van der Waals surface area (Å²) in [4.78, 5) is 18.9. The molecule has 36 heavy (non-hydrogen) atoms. The Bertz CT molecular complexity index is 1380. The number of fused-ring (bicyclic) bond motifs is 1. The minimum Gasteiger partial charge on any atom is -0.493 e. The van der Waals surface area contributed by atoms with Crippen LogP contribution in [-0.2, 0) is 6.54 Å². The third kappa shape index (κ3) is 4.70. The molecule has 0 aliphatic heterocycles. The quantitative estimate of drug-likeness (QED) is 0.401. The van der Waals surface area contributed by atoms with Gasteiger partial charge < -0.3 is 14.5 Å². The fraction of sp³-hybridized carbons (Fsp3) is 0.407. The van der Waals surface area contributed by atoms with Gasteiger partial charge in [0.05, 0.1) is 26.3 Å². The van der Waals surface area contributed by atoms with Crippen LogP contribution in [0.5, 0.6) is 11.5 Å². The average Bonchev–Trinajstić information content (AvgIpc) is 3.36. The maximum atomic E-state index is 13.5. The van der Waals surface area contributed by atoms with Crippen LogP contribution in [0.15, 0.2) is 53.3 Å². The van der Waals surface area contributed by atoms with E-state index in [1.54, 1.807) is 25.0 Å². The van der Waals surface area contributed by atoms with Gasteiger partial charge in [-0.3, -0.25) is 9.69 Å². The van der Waals surface area contributed by atoms with E-state index in [9.17, 15) is 4.79 Å². The fourth-order valence-electron chi connectivity index (χ4n) is 5.27. The monoisotopic (exact) mass is 488 g/mol. The number of aromatic amines is 1. The van der Waals surface area contributed by atoms with Crippen LogP contribution in [-0.4, -0.2) is 57.4 Å². The molecule has 1 saturated carbocycles. The van der Waals surface area contributed by atoms with Crippen LogP contribution >= 0.6 is 0 Å². The highest BCUT2D eigenvalue weighted by Crippen LogP contribution is 2.35. The van der Waals surface area contributed by atoms with Gasteiger partial charge in [-0.15, -0.1) is 5.10 Å². The van der Waals surface area contributed by atoms with Crippen molar-refractivity contribution < 1.29 is 9.47 Å². The first-order valence-corrected chi connectivity index (χ1v) is 12.4. The minimum absolute atomic E-state index is 0.170. The standard InChI is InChI=1S/C27H32N6O3/c1-32(20-12-8-5-9-13-20)25(26-29-30-31-33(26)17-18-10-6-4-7-11-18)21-14-19-15-23(35-2)24(36-3)16-22(19)28-27(21)34/h4,6-7,10-11,14-16,20,25H,5,8-9,12-13,17H2,1-3H3,(H,28,34). The van der Waals surface area contributed by atoms with Crippen LogP contribution in [0.1, 0.15) is 55.1 Å². The van der Waals surface area contributed by atoms with Crippen LogP contribution in [0, 0.1) is 0 Å². The molecule has 0 saturated heterocycles. The highest BCUT2D eigenvalue weighted by molar-refractivity contribution is 5.83. The molecule has 1 aliphatic carbocycles. The lowest BCUT2D eigenvalue weighted by molar-refractivity contribution is 0.149. The number of methoxy groups -OCH3 is 2. The number of ether oxygens (including phenoxy) is 2. The fourth-order valence-corrected chi connectivity index (χ4v) is 5.27. The maximum Gasteiger partial charge on any atom is 0.253 e. The zero-order valence-electron chi connectivity index (χ0n) is 21.0. The highest BCUT2D eigenvalue weighted by atomic mass is 16.5. The molecule has 2 aromatic heterocycles. The number of nitrogens with one attached hydrogen (secondary N) is 1. The molecule has 188 valence electrons. The van der Waals surface area contributed by atoms with Gasteiger partial charge in [-0.2, -0.15) is 0 Å². The summed E-state index contributed by atoms with van der Waals surface area (Å²) in [6, 6.07) is 15.6. The first-order valence-electron chi connectivity index (χ1n) is 12.4. The second-order valence-electron chi connectivity index (χ2n) is 9.39. The molecule has 5 rings (SSSR count). The molecule has 1 N–H and O–H groups in total. The molecule has 1 fully saturated rings. The number of rotatable bonds is 8. The summed E-state index contributed by atoms with van der Waals surface area (Å²) in [5.74, 6) is 1.82. The van der Waals surface area contributed by atoms with E-state index in [-0.39, 0.29) is 5.56 Å². The Morgan fingerprint density at radius 2 is 1.78 bits per heavy atom. The zero-order valence-corrected chi connectivity index (χ0v) is 21.0. The van der Waals surface area contributed by atoms with Gasteiger partial charge in [0.2, 0.25) is 0 Å². The molecule has 0 radical (unpaired) electrons. The Labute approximate surface area is 210 Å². The molecule has 9 nitrogen and oxygen atoms in total. The molecule has 0 bridgehead atoms. The van der Waals surface area contributed by atoms with E-state index in [1.807, 2.05) is 42.5 Å². The summed E-state index contributed by atoms with van der Waals surface area (Å²) in [6.07, 6.45) is 5.79. The van der Waals surface area contributed by atoms with Gasteiger partial charge in [0, 0.05) is 23.1 Å². The number of hydrogen-bond acceptors (Lipinski definition) is 7. The van der Waals surface area contributed by atoms with Gasteiger partial charge in [-0.1, -0.05) is 49.6 Å². The van der Waals surface area contributed by atoms with E-state index in [0.717, 1.165) is 23.8 Å². The third-order valence-electron chi connectivity index (χ3n) is 7.21. The van der Waals surface area contributed by atoms with Crippen LogP contribution in [0.2, 0.25) is 0 Å². The topological polar surface area (TPSA) is 98.2 Å². The van der Waals surface area contributed by atoms with Crippen molar-refractivity contribution in [2.24, 2.45) is 0 Å². The van der Waals surface area contributed by atoms with Crippen LogP contribution < -0.4 is 15.0 Å². The van der Waals surface area contributed by atoms with E-state index in [4.69, 9.17) is 9.47 Å². The lowest BCUT2D eigenvalue weighted by atomic mass is 9.92. The predicted octanol–water partition coefficient (Wildman–Crippen LogP) is 3.93. The zero-order chi connectivity index (χ0) is 25.1. The van der Waals surface area contributed by atoms with E-state index >= 15 is 0 Å². The molecule has 0 amide bonds. The van der Waals surface area contributed by atoms with Crippen LogP contribution in [0.3, 0.4) is 0 Å². The largest absolute Gasteiger partial charge is 0.493 e. The number of H-pyrrole nitrogens is 1. The summed E-state index contributed by atoms with van der Waals surface area (Å²) < 4.78 is 12.7. The summed E-state index contributed by atoms with van der Waals surface area (Å²) in [5, 5.41) is 13.6. The average molecular weight is 489 g/mol. The predicted molar refractivity (Wildman–Crippen MR) is 138 cm³/mol. The Kier molecular flexibility index (Phi) is 6.99. The van der Waals surface area contributed by atoms with Crippen molar-refractivity contribution in [2.45, 2.75) is 50.7 Å². The van der Waals surface area contributed by atoms with Gasteiger partial charge in [0.25, 0.3) is 5.56 Å². The second kappa shape index (κ2) is 10.5. The van der Waals surface area contributed by atoms with Crippen molar-refractivity contribution in [3.05, 3.63) is 75.8 Å². The smallest absolute Gasteiger partial charge is 0.253 e. The number of aromatic nitrogens is 5. The molecular formula is C27H32N6O3. The molecule has 9 heteroatoms. The lowest BCUT2D eigenvalue weighted by Crippen LogP contribution is -2.40. The summed E-state index contributed by atoms with van der Waals surface area (Å²) >= 11 is 0. The second-order valence-corrected chi connectivity index (χ2v) is 9.39. The number of nitrogens with zero attached hydrogens (tertiary/aromatic N) is 5. The Morgan fingerprint density at radius 1 is 1.06 bits per heavy atom. The van der Waals surface area contributed by atoms with Gasteiger partial charge in [-0.25, -0.2) is 4.68 Å². The van der Waals surface area contributed by atoms with Gasteiger partial charge in [0.15, 0.2) is 17.3 Å². The molecule has 1 atom stereocenters. The normalized spacial score (nSPS) is 15.3. The highest BCUT2D eigenvalue weighted by Gasteiger charge is 2.33. The molecular weight excluding hydrogens is 456 g/mol.